The summed E-state index contributed by atoms with van der Waals surface area (Å²) in [5, 5.41) is 9.21. The molecule has 25 heavy (non-hydrogen) atoms. The van der Waals surface area contributed by atoms with E-state index in [0.29, 0.717) is 0 Å². The summed E-state index contributed by atoms with van der Waals surface area (Å²) < 4.78 is 0. The third kappa shape index (κ3) is 5.28. The molecule has 0 fully saturated rings. The summed E-state index contributed by atoms with van der Waals surface area (Å²) in [7, 11) is 0. The molecule has 0 aliphatic carbocycles. The Balaban J connectivity index is 1.76. The van der Waals surface area contributed by atoms with Crippen molar-refractivity contribution >= 4 is 0 Å². The highest BCUT2D eigenvalue weighted by molar-refractivity contribution is 5.24. The van der Waals surface area contributed by atoms with Gasteiger partial charge in [0.15, 0.2) is 0 Å². The molecule has 0 unspecified atom stereocenters. The lowest BCUT2D eigenvalue weighted by Gasteiger charge is -2.23. The summed E-state index contributed by atoms with van der Waals surface area (Å²) in [6.07, 6.45) is 0. The van der Waals surface area contributed by atoms with Gasteiger partial charge in [0, 0.05) is 19.6 Å². The predicted molar refractivity (Wildman–Crippen MR) is 103 cm³/mol. The SMILES string of the molecule is Cc1ccc(CN(Cc2ccccc2)Cc2ccc(CO)cc2)cc1. The molecule has 0 aromatic heterocycles. The molecule has 128 valence electrons. The number of rotatable bonds is 7. The largest absolute Gasteiger partial charge is 0.392 e. The maximum absolute atomic E-state index is 9.21. The van der Waals surface area contributed by atoms with Crippen LogP contribution in [0.5, 0.6) is 0 Å². The lowest BCUT2D eigenvalue weighted by atomic mass is 10.1. The molecular formula is C23H25NO. The second-order valence-corrected chi connectivity index (χ2v) is 6.59. The van der Waals surface area contributed by atoms with Crippen molar-refractivity contribution in [1.29, 1.82) is 0 Å². The predicted octanol–water partition coefficient (Wildman–Crippen LogP) is 4.69. The van der Waals surface area contributed by atoms with E-state index >= 15 is 0 Å². The molecule has 1 N–H and O–H groups in total. The Morgan fingerprint density at radius 1 is 0.600 bits per heavy atom. The monoisotopic (exact) mass is 331 g/mol. The molecule has 0 saturated heterocycles. The Hall–Kier alpha value is -2.42. The fraction of sp³-hybridized carbons (Fsp3) is 0.217. The first-order valence-corrected chi connectivity index (χ1v) is 8.73. The van der Waals surface area contributed by atoms with Gasteiger partial charge in [-0.2, -0.15) is 0 Å². The maximum Gasteiger partial charge on any atom is 0.0681 e. The van der Waals surface area contributed by atoms with Crippen molar-refractivity contribution in [1.82, 2.24) is 4.90 Å². The van der Waals surface area contributed by atoms with E-state index < -0.39 is 0 Å². The van der Waals surface area contributed by atoms with Crippen LogP contribution in [-0.4, -0.2) is 10.0 Å². The smallest absolute Gasteiger partial charge is 0.0681 e. The van der Waals surface area contributed by atoms with Crippen molar-refractivity contribution in [2.75, 3.05) is 0 Å². The zero-order chi connectivity index (χ0) is 17.5. The molecule has 0 spiro atoms. The van der Waals surface area contributed by atoms with Crippen LogP contribution >= 0.6 is 0 Å². The summed E-state index contributed by atoms with van der Waals surface area (Å²) in [6.45, 7) is 4.92. The minimum absolute atomic E-state index is 0.0946. The third-order valence-corrected chi connectivity index (χ3v) is 4.39. The Labute approximate surface area is 150 Å². The van der Waals surface area contributed by atoms with E-state index in [2.05, 4.69) is 78.6 Å². The van der Waals surface area contributed by atoms with Gasteiger partial charge < -0.3 is 5.11 Å². The molecule has 3 aromatic rings. The number of aliphatic hydroxyl groups excluding tert-OH is 1. The van der Waals surface area contributed by atoms with Gasteiger partial charge in [-0.15, -0.1) is 0 Å². The van der Waals surface area contributed by atoms with E-state index in [1.807, 2.05) is 12.1 Å². The van der Waals surface area contributed by atoms with E-state index in [9.17, 15) is 5.11 Å². The van der Waals surface area contributed by atoms with Crippen molar-refractivity contribution < 1.29 is 5.11 Å². The Morgan fingerprint density at radius 3 is 1.56 bits per heavy atom. The van der Waals surface area contributed by atoms with Crippen molar-refractivity contribution in [2.24, 2.45) is 0 Å². The maximum atomic E-state index is 9.21. The van der Waals surface area contributed by atoms with E-state index in [-0.39, 0.29) is 6.61 Å². The van der Waals surface area contributed by atoms with Gasteiger partial charge in [-0.3, -0.25) is 4.90 Å². The molecule has 0 amide bonds. The van der Waals surface area contributed by atoms with E-state index in [0.717, 1.165) is 25.2 Å². The standard InChI is InChI=1S/C23H25NO/c1-19-7-9-21(10-8-19)16-24(15-20-5-3-2-4-6-20)17-22-11-13-23(18-25)14-12-22/h2-14,25H,15-18H2,1H3. The Bertz CT molecular complexity index is 763. The van der Waals surface area contributed by atoms with Gasteiger partial charge in [-0.25, -0.2) is 0 Å². The van der Waals surface area contributed by atoms with Crippen molar-refractivity contribution in [2.45, 2.75) is 33.2 Å². The second kappa shape index (κ2) is 8.61. The normalized spacial score (nSPS) is 11.0. The average Bonchev–Trinajstić information content (AvgIpc) is 2.65. The average molecular weight is 331 g/mol. The molecule has 2 nitrogen and oxygen atoms in total. The highest BCUT2D eigenvalue weighted by Crippen LogP contribution is 2.15. The summed E-state index contributed by atoms with van der Waals surface area (Å²) in [6, 6.07) is 27.6. The first kappa shape index (κ1) is 17.4. The third-order valence-electron chi connectivity index (χ3n) is 4.39. The number of benzene rings is 3. The molecule has 0 heterocycles. The van der Waals surface area contributed by atoms with Gasteiger partial charge in [0.1, 0.15) is 0 Å². The lowest BCUT2D eigenvalue weighted by Crippen LogP contribution is -2.22. The molecular weight excluding hydrogens is 306 g/mol. The fourth-order valence-electron chi connectivity index (χ4n) is 2.97. The number of aryl methyl sites for hydroxylation is 1. The van der Waals surface area contributed by atoms with Crippen LogP contribution in [0, 0.1) is 6.92 Å². The molecule has 0 aliphatic heterocycles. The molecule has 0 bridgehead atoms. The molecule has 3 aromatic carbocycles. The van der Waals surface area contributed by atoms with Crippen LogP contribution in [0.3, 0.4) is 0 Å². The Kier molecular flexibility index (Phi) is 5.99. The summed E-state index contributed by atoms with van der Waals surface area (Å²) in [5.74, 6) is 0. The van der Waals surface area contributed by atoms with Gasteiger partial charge in [-0.05, 0) is 29.2 Å². The lowest BCUT2D eigenvalue weighted by molar-refractivity contribution is 0.247. The minimum atomic E-state index is 0.0946. The number of aliphatic hydroxyl groups is 1. The van der Waals surface area contributed by atoms with E-state index in [4.69, 9.17) is 0 Å². The summed E-state index contributed by atoms with van der Waals surface area (Å²) in [5.41, 5.74) is 6.16. The zero-order valence-electron chi connectivity index (χ0n) is 14.7. The molecule has 0 radical (unpaired) electrons. The second-order valence-electron chi connectivity index (χ2n) is 6.59. The van der Waals surface area contributed by atoms with E-state index in [1.54, 1.807) is 0 Å². The van der Waals surface area contributed by atoms with Crippen LogP contribution < -0.4 is 0 Å². The van der Waals surface area contributed by atoms with Crippen molar-refractivity contribution in [3.8, 4) is 0 Å². The molecule has 2 heteroatoms. The van der Waals surface area contributed by atoms with Crippen molar-refractivity contribution in [3.05, 3.63) is 107 Å². The Morgan fingerprint density at radius 2 is 1.04 bits per heavy atom. The summed E-state index contributed by atoms with van der Waals surface area (Å²) in [4.78, 5) is 2.45. The first-order valence-electron chi connectivity index (χ1n) is 8.73. The van der Waals surface area contributed by atoms with Gasteiger partial charge in [0.05, 0.1) is 6.61 Å². The highest BCUT2D eigenvalue weighted by atomic mass is 16.3. The molecule has 0 aliphatic rings. The quantitative estimate of drug-likeness (QED) is 0.679. The topological polar surface area (TPSA) is 23.5 Å². The van der Waals surface area contributed by atoms with Crippen LogP contribution in [0.2, 0.25) is 0 Å². The molecule has 0 saturated carbocycles. The number of nitrogens with zero attached hydrogens (tertiary/aromatic N) is 1. The highest BCUT2D eigenvalue weighted by Gasteiger charge is 2.08. The van der Waals surface area contributed by atoms with Crippen LogP contribution in [0.25, 0.3) is 0 Å². The van der Waals surface area contributed by atoms with Crippen LogP contribution in [0.4, 0.5) is 0 Å². The minimum Gasteiger partial charge on any atom is -0.392 e. The zero-order valence-corrected chi connectivity index (χ0v) is 14.7. The number of hydrogen-bond acceptors (Lipinski definition) is 2. The number of hydrogen-bond donors (Lipinski definition) is 1. The fourth-order valence-corrected chi connectivity index (χ4v) is 2.97. The molecule has 0 atom stereocenters. The van der Waals surface area contributed by atoms with Crippen LogP contribution in [0.1, 0.15) is 27.8 Å². The van der Waals surface area contributed by atoms with Crippen molar-refractivity contribution in [3.63, 3.8) is 0 Å². The van der Waals surface area contributed by atoms with Crippen LogP contribution in [0.15, 0.2) is 78.9 Å². The van der Waals surface area contributed by atoms with Crippen LogP contribution in [-0.2, 0) is 26.2 Å². The van der Waals surface area contributed by atoms with E-state index in [1.165, 1.54) is 22.3 Å². The van der Waals surface area contributed by atoms with Gasteiger partial charge in [0.2, 0.25) is 0 Å². The van der Waals surface area contributed by atoms with Gasteiger partial charge in [-0.1, -0.05) is 84.4 Å². The first-order chi connectivity index (χ1) is 12.2. The van der Waals surface area contributed by atoms with Gasteiger partial charge in [0.25, 0.3) is 0 Å². The summed E-state index contributed by atoms with van der Waals surface area (Å²) >= 11 is 0. The van der Waals surface area contributed by atoms with Gasteiger partial charge >= 0.3 is 0 Å². The molecule has 3 rings (SSSR count).